The number of carbonyl (C=O) groups is 1. The largest absolute Gasteiger partial charge is 0.586 e. The number of nitrogens with one attached hydrogen (secondary N) is 1. The van der Waals surface area contributed by atoms with Gasteiger partial charge in [0.15, 0.2) is 17.3 Å². The summed E-state index contributed by atoms with van der Waals surface area (Å²) in [4.78, 5) is 24.4. The van der Waals surface area contributed by atoms with Crippen LogP contribution in [0.25, 0.3) is 22.2 Å². The number of ether oxygens (including phenoxy) is 2. The molecule has 5 rings (SSSR count). The van der Waals surface area contributed by atoms with Gasteiger partial charge in [-0.15, -0.1) is 8.78 Å². The number of aromatic nitrogens is 3. The monoisotopic (exact) mass is 379 g/mol. The van der Waals surface area contributed by atoms with Crippen molar-refractivity contribution in [3.8, 4) is 22.6 Å². The summed E-state index contributed by atoms with van der Waals surface area (Å²) in [6.07, 6.45) is 2.88. The van der Waals surface area contributed by atoms with E-state index in [9.17, 15) is 13.6 Å². The molecular weight excluding hydrogens is 368 g/mol. The zero-order valence-electron chi connectivity index (χ0n) is 14.1. The number of nitrogens with zero attached hydrogens (tertiary/aromatic N) is 2. The molecule has 1 N–H and O–H groups in total. The van der Waals surface area contributed by atoms with Gasteiger partial charge in [0.25, 0.3) is 0 Å². The van der Waals surface area contributed by atoms with Crippen LogP contribution in [0, 0.1) is 0 Å². The zero-order chi connectivity index (χ0) is 19.3. The molecule has 0 unspecified atom stereocenters. The third kappa shape index (κ3) is 2.66. The highest BCUT2D eigenvalue weighted by Crippen LogP contribution is 2.41. The Morgan fingerprint density at radius 3 is 2.71 bits per heavy atom. The van der Waals surface area contributed by atoms with Gasteiger partial charge in [-0.1, -0.05) is 6.07 Å². The number of pyridine rings is 2. The Labute approximate surface area is 156 Å². The number of rotatable bonds is 3. The van der Waals surface area contributed by atoms with Crippen molar-refractivity contribution in [2.45, 2.75) is 6.29 Å². The number of fused-ring (bicyclic) bond motifs is 2. The van der Waals surface area contributed by atoms with Crippen LogP contribution in [0.1, 0.15) is 15.9 Å². The van der Waals surface area contributed by atoms with Gasteiger partial charge in [0, 0.05) is 52.4 Å². The Bertz CT molecular complexity index is 1220. The summed E-state index contributed by atoms with van der Waals surface area (Å²) in [5, 5.41) is 0.620. The predicted molar refractivity (Wildman–Crippen MR) is 95.4 cm³/mol. The lowest BCUT2D eigenvalue weighted by molar-refractivity contribution is -0.286. The fraction of sp³-hybridized carbons (Fsp3) is 0.0500. The number of hydrogen-bond donors (Lipinski definition) is 1. The van der Waals surface area contributed by atoms with Crippen LogP contribution in [0.5, 0.6) is 11.5 Å². The number of halogens is 2. The number of aromatic amines is 1. The highest BCUT2D eigenvalue weighted by atomic mass is 19.3. The Balaban J connectivity index is 1.56. The van der Waals surface area contributed by atoms with Crippen LogP contribution in [0.2, 0.25) is 0 Å². The fourth-order valence-corrected chi connectivity index (χ4v) is 3.13. The Kier molecular flexibility index (Phi) is 3.42. The van der Waals surface area contributed by atoms with Gasteiger partial charge in [-0.05, 0) is 30.3 Å². The molecule has 0 atom stereocenters. The summed E-state index contributed by atoms with van der Waals surface area (Å²) < 4.78 is 35.2. The maximum atomic E-state index is 13.2. The van der Waals surface area contributed by atoms with Crippen LogP contribution >= 0.6 is 0 Å². The number of carbonyl (C=O) groups excluding carboxylic acids is 1. The van der Waals surface area contributed by atoms with Crippen molar-refractivity contribution >= 4 is 16.8 Å². The van der Waals surface area contributed by atoms with Crippen LogP contribution < -0.4 is 9.47 Å². The SMILES string of the molecule is O=C(c1ccc2c(c1)OC(F)(F)O2)c1c[nH]c2ncc(-c3cccnc3)cc12. The molecule has 28 heavy (non-hydrogen) atoms. The highest BCUT2D eigenvalue weighted by Gasteiger charge is 2.43. The molecule has 0 radical (unpaired) electrons. The fourth-order valence-electron chi connectivity index (χ4n) is 3.13. The first-order valence-electron chi connectivity index (χ1n) is 8.32. The van der Waals surface area contributed by atoms with Gasteiger partial charge < -0.3 is 14.5 Å². The van der Waals surface area contributed by atoms with Crippen molar-refractivity contribution in [1.29, 1.82) is 0 Å². The average molecular weight is 379 g/mol. The van der Waals surface area contributed by atoms with Gasteiger partial charge >= 0.3 is 6.29 Å². The summed E-state index contributed by atoms with van der Waals surface area (Å²) in [7, 11) is 0. The maximum absolute atomic E-state index is 13.2. The van der Waals surface area contributed by atoms with Crippen LogP contribution in [-0.2, 0) is 0 Å². The van der Waals surface area contributed by atoms with E-state index in [1.807, 2.05) is 18.2 Å². The Morgan fingerprint density at radius 1 is 1.04 bits per heavy atom. The van der Waals surface area contributed by atoms with Crippen LogP contribution in [0.4, 0.5) is 8.78 Å². The molecule has 1 aliphatic heterocycles. The van der Waals surface area contributed by atoms with Crippen molar-refractivity contribution < 1.29 is 23.0 Å². The minimum absolute atomic E-state index is 0.110. The lowest BCUT2D eigenvalue weighted by Crippen LogP contribution is -2.25. The number of benzene rings is 1. The Hall–Kier alpha value is -3.81. The van der Waals surface area contributed by atoms with Crippen molar-refractivity contribution in [3.05, 3.63) is 72.3 Å². The van der Waals surface area contributed by atoms with Gasteiger partial charge in [0.2, 0.25) is 0 Å². The predicted octanol–water partition coefficient (Wildman–Crippen LogP) is 4.18. The first-order valence-corrected chi connectivity index (χ1v) is 8.32. The lowest BCUT2D eigenvalue weighted by Gasteiger charge is -2.04. The van der Waals surface area contributed by atoms with Gasteiger partial charge in [-0.3, -0.25) is 9.78 Å². The van der Waals surface area contributed by atoms with Crippen molar-refractivity contribution in [2.75, 3.05) is 0 Å². The lowest BCUT2D eigenvalue weighted by atomic mass is 10.0. The molecule has 0 aliphatic carbocycles. The molecule has 3 aromatic heterocycles. The number of H-pyrrole nitrogens is 1. The topological polar surface area (TPSA) is 77.1 Å². The van der Waals surface area contributed by atoms with Crippen LogP contribution in [0.3, 0.4) is 0 Å². The summed E-state index contributed by atoms with van der Waals surface area (Å²) in [5.74, 6) is -0.635. The third-order valence-corrected chi connectivity index (χ3v) is 4.43. The van der Waals surface area contributed by atoms with Gasteiger partial charge in [0.05, 0.1) is 0 Å². The molecule has 6 nitrogen and oxygen atoms in total. The number of alkyl halides is 2. The second-order valence-corrected chi connectivity index (χ2v) is 6.22. The van der Waals surface area contributed by atoms with E-state index in [0.717, 1.165) is 11.1 Å². The smallest absolute Gasteiger partial charge is 0.395 e. The first-order chi connectivity index (χ1) is 13.5. The second-order valence-electron chi connectivity index (χ2n) is 6.22. The van der Waals surface area contributed by atoms with E-state index >= 15 is 0 Å². The second kappa shape index (κ2) is 5.85. The summed E-state index contributed by atoms with van der Waals surface area (Å²) in [5.41, 5.74) is 2.79. The van der Waals surface area contributed by atoms with E-state index in [4.69, 9.17) is 0 Å². The third-order valence-electron chi connectivity index (χ3n) is 4.43. The van der Waals surface area contributed by atoms with E-state index in [-0.39, 0.29) is 22.8 Å². The number of ketones is 1. The number of hydrogen-bond acceptors (Lipinski definition) is 5. The molecule has 1 aromatic carbocycles. The minimum Gasteiger partial charge on any atom is -0.395 e. The molecule has 1 aliphatic rings. The molecule has 8 heteroatoms. The standard InChI is InChI=1S/C20H11F2N3O3/c21-20(22)27-16-4-3-11(7-17(16)28-20)18(26)15-10-25-19-14(15)6-13(9-24-19)12-2-1-5-23-8-12/h1-10H,(H,24,25). The molecule has 0 saturated heterocycles. The van der Waals surface area contributed by atoms with Gasteiger partial charge in [0.1, 0.15) is 5.65 Å². The van der Waals surface area contributed by atoms with E-state index < -0.39 is 6.29 Å². The molecular formula is C20H11F2N3O3. The summed E-state index contributed by atoms with van der Waals surface area (Å²) in [6, 6.07) is 9.49. The van der Waals surface area contributed by atoms with Gasteiger partial charge in [-0.25, -0.2) is 4.98 Å². The minimum atomic E-state index is -3.73. The first kappa shape index (κ1) is 16.4. The molecule has 0 amide bonds. The highest BCUT2D eigenvalue weighted by molar-refractivity contribution is 6.16. The molecule has 0 fully saturated rings. The maximum Gasteiger partial charge on any atom is 0.586 e. The zero-order valence-corrected chi connectivity index (χ0v) is 14.1. The van der Waals surface area contributed by atoms with E-state index in [1.165, 1.54) is 18.2 Å². The van der Waals surface area contributed by atoms with Crippen LogP contribution in [-0.4, -0.2) is 27.0 Å². The van der Waals surface area contributed by atoms with E-state index in [1.54, 1.807) is 24.8 Å². The van der Waals surface area contributed by atoms with Crippen molar-refractivity contribution in [2.24, 2.45) is 0 Å². The van der Waals surface area contributed by atoms with E-state index in [2.05, 4.69) is 24.4 Å². The molecule has 4 aromatic rings. The van der Waals surface area contributed by atoms with Crippen molar-refractivity contribution in [3.63, 3.8) is 0 Å². The average Bonchev–Trinajstić information content (AvgIpc) is 3.25. The molecule has 0 spiro atoms. The molecule has 4 heterocycles. The molecule has 0 saturated carbocycles. The normalized spacial score (nSPS) is 14.4. The van der Waals surface area contributed by atoms with Crippen LogP contribution in [0.15, 0.2) is 61.2 Å². The summed E-state index contributed by atoms with van der Waals surface area (Å²) >= 11 is 0. The quantitative estimate of drug-likeness (QED) is 0.541. The Morgan fingerprint density at radius 2 is 1.89 bits per heavy atom. The summed E-state index contributed by atoms with van der Waals surface area (Å²) in [6.45, 7) is 0. The van der Waals surface area contributed by atoms with Gasteiger partial charge in [-0.2, -0.15) is 0 Å². The molecule has 138 valence electrons. The molecule has 0 bridgehead atoms. The van der Waals surface area contributed by atoms with Crippen molar-refractivity contribution in [1.82, 2.24) is 15.0 Å². The van der Waals surface area contributed by atoms with E-state index in [0.29, 0.717) is 16.6 Å².